The van der Waals surface area contributed by atoms with Crippen LogP contribution < -0.4 is 0 Å². The second kappa shape index (κ2) is 5.52. The summed E-state index contributed by atoms with van der Waals surface area (Å²) in [6.07, 6.45) is 0.926. The van der Waals surface area contributed by atoms with Gasteiger partial charge < -0.3 is 4.52 Å². The van der Waals surface area contributed by atoms with E-state index in [1.807, 2.05) is 30.8 Å². The van der Waals surface area contributed by atoms with Crippen molar-refractivity contribution in [2.75, 3.05) is 0 Å². The van der Waals surface area contributed by atoms with Crippen molar-refractivity contribution in [1.29, 1.82) is 0 Å². The van der Waals surface area contributed by atoms with Gasteiger partial charge in [-0.05, 0) is 25.3 Å². The van der Waals surface area contributed by atoms with Crippen molar-refractivity contribution in [3.8, 4) is 22.3 Å². The van der Waals surface area contributed by atoms with E-state index in [9.17, 15) is 0 Å². The molecule has 24 heavy (non-hydrogen) atoms. The fraction of sp³-hybridized carbons (Fsp3) is 0.400. The summed E-state index contributed by atoms with van der Waals surface area (Å²) in [6, 6.07) is 3.91. The zero-order valence-electron chi connectivity index (χ0n) is 13.9. The van der Waals surface area contributed by atoms with E-state index < -0.39 is 0 Å². The van der Waals surface area contributed by atoms with Gasteiger partial charge in [-0.3, -0.25) is 4.68 Å². The number of hydrogen-bond acceptors (Lipinski definition) is 7. The molecule has 4 aromatic heterocycles. The van der Waals surface area contributed by atoms with Gasteiger partial charge in [0.15, 0.2) is 10.8 Å². The lowest BCUT2D eigenvalue weighted by molar-refractivity contribution is 0.426. The molecule has 0 aromatic carbocycles. The first kappa shape index (κ1) is 15.0. The summed E-state index contributed by atoms with van der Waals surface area (Å²) in [4.78, 5) is 0.709. The third-order valence-corrected chi connectivity index (χ3v) is 4.52. The maximum atomic E-state index is 5.29. The summed E-state index contributed by atoms with van der Waals surface area (Å²) in [5.41, 5.74) is 2.76. The van der Waals surface area contributed by atoms with Crippen LogP contribution in [-0.2, 0) is 13.5 Å². The van der Waals surface area contributed by atoms with E-state index >= 15 is 0 Å². The Morgan fingerprint density at radius 3 is 2.75 bits per heavy atom. The van der Waals surface area contributed by atoms with Crippen molar-refractivity contribution in [2.24, 2.45) is 13.0 Å². The molecule has 0 aliphatic carbocycles. The summed E-state index contributed by atoms with van der Waals surface area (Å²) in [5.74, 6) is 1.86. The fourth-order valence-corrected chi connectivity index (χ4v) is 3.38. The highest BCUT2D eigenvalue weighted by atomic mass is 32.1. The maximum absolute atomic E-state index is 5.29. The first-order valence-electron chi connectivity index (χ1n) is 7.70. The Morgan fingerprint density at radius 2 is 2.04 bits per heavy atom. The molecule has 0 radical (unpaired) electrons. The molecule has 0 amide bonds. The molecule has 9 heteroatoms. The highest BCUT2D eigenvalue weighted by Crippen LogP contribution is 2.28. The Balaban J connectivity index is 1.77. The quantitative estimate of drug-likeness (QED) is 0.566. The molecule has 124 valence electrons. The van der Waals surface area contributed by atoms with Gasteiger partial charge in [0, 0.05) is 13.1 Å². The van der Waals surface area contributed by atoms with Crippen molar-refractivity contribution in [2.45, 2.75) is 27.2 Å². The maximum Gasteiger partial charge on any atom is 0.235 e. The lowest BCUT2D eigenvalue weighted by Crippen LogP contribution is -1.99. The van der Waals surface area contributed by atoms with Crippen LogP contribution in [0.1, 0.15) is 25.2 Å². The summed E-state index contributed by atoms with van der Waals surface area (Å²) < 4.78 is 8.84. The molecule has 0 saturated carbocycles. The van der Waals surface area contributed by atoms with Crippen molar-refractivity contribution in [3.05, 3.63) is 23.5 Å². The van der Waals surface area contributed by atoms with E-state index in [1.54, 1.807) is 4.52 Å². The van der Waals surface area contributed by atoms with E-state index in [0.717, 1.165) is 28.5 Å². The normalized spacial score (nSPS) is 11.9. The molecule has 0 saturated heterocycles. The number of hydrogen-bond donors (Lipinski definition) is 0. The smallest absolute Gasteiger partial charge is 0.235 e. The van der Waals surface area contributed by atoms with E-state index in [-0.39, 0.29) is 0 Å². The van der Waals surface area contributed by atoms with Gasteiger partial charge in [-0.15, -0.1) is 15.3 Å². The van der Waals surface area contributed by atoms with Gasteiger partial charge in [0.05, 0.1) is 11.4 Å². The third kappa shape index (κ3) is 2.50. The van der Waals surface area contributed by atoms with E-state index in [2.05, 4.69) is 39.4 Å². The molecule has 0 bridgehead atoms. The van der Waals surface area contributed by atoms with Crippen molar-refractivity contribution in [3.63, 3.8) is 0 Å². The number of fused-ring (bicyclic) bond motifs is 1. The number of nitrogens with zero attached hydrogens (tertiary/aromatic N) is 7. The molecule has 4 aromatic rings. The lowest BCUT2D eigenvalue weighted by Gasteiger charge is -1.98. The average molecular weight is 343 g/mol. The summed E-state index contributed by atoms with van der Waals surface area (Å²) in [7, 11) is 1.91. The molecule has 8 nitrogen and oxygen atoms in total. The molecular weight excluding hydrogens is 326 g/mol. The van der Waals surface area contributed by atoms with Crippen LogP contribution in [-0.4, -0.2) is 34.7 Å². The highest BCUT2D eigenvalue weighted by molar-refractivity contribution is 7.19. The summed E-state index contributed by atoms with van der Waals surface area (Å²) in [6.45, 7) is 6.23. The number of aryl methyl sites for hydroxylation is 2. The van der Waals surface area contributed by atoms with Crippen LogP contribution in [0.25, 0.3) is 27.2 Å². The molecule has 0 aliphatic rings. The zero-order chi connectivity index (χ0) is 16.8. The average Bonchev–Trinajstić information content (AvgIpc) is 3.22. The van der Waals surface area contributed by atoms with Gasteiger partial charge in [-0.25, -0.2) is 0 Å². The number of aromatic nitrogens is 7. The fourth-order valence-electron chi connectivity index (χ4n) is 2.59. The summed E-state index contributed by atoms with van der Waals surface area (Å²) >= 11 is 1.42. The van der Waals surface area contributed by atoms with E-state index in [0.29, 0.717) is 22.5 Å². The largest absolute Gasteiger partial charge is 0.353 e. The van der Waals surface area contributed by atoms with Crippen LogP contribution in [0.5, 0.6) is 0 Å². The summed E-state index contributed by atoms with van der Waals surface area (Å²) in [5, 5.41) is 22.3. The van der Waals surface area contributed by atoms with Crippen molar-refractivity contribution in [1.82, 2.24) is 34.7 Å². The molecule has 0 spiro atoms. The van der Waals surface area contributed by atoms with E-state index in [1.165, 1.54) is 11.3 Å². The minimum atomic E-state index is 0.548. The Labute approximate surface area is 142 Å². The van der Waals surface area contributed by atoms with Crippen molar-refractivity contribution < 1.29 is 4.52 Å². The van der Waals surface area contributed by atoms with Gasteiger partial charge in [0.2, 0.25) is 10.8 Å². The Bertz CT molecular complexity index is 1010. The van der Waals surface area contributed by atoms with Gasteiger partial charge >= 0.3 is 0 Å². The standard InChI is InChI=1S/C15H17N7OS/c1-8(2)5-10-7-11(21(4)18-10)13-16-17-15-22(13)19-14(24-15)12-6-9(3)20-23-12/h6-8H,5H2,1-4H3. The minimum absolute atomic E-state index is 0.548. The SMILES string of the molecule is Cc1cc(-c2nn3c(-c4cc(CC(C)C)nn4C)nnc3s2)on1. The van der Waals surface area contributed by atoms with Crippen LogP contribution in [0.3, 0.4) is 0 Å². The lowest BCUT2D eigenvalue weighted by atomic mass is 10.1. The number of rotatable bonds is 4. The molecule has 4 heterocycles. The monoisotopic (exact) mass is 343 g/mol. The molecule has 0 N–H and O–H groups in total. The van der Waals surface area contributed by atoms with Gasteiger partial charge in [-0.2, -0.15) is 9.61 Å². The first-order chi connectivity index (χ1) is 11.5. The predicted octanol–water partition coefficient (Wildman–Crippen LogP) is 2.75. The van der Waals surface area contributed by atoms with Crippen LogP contribution in [0.4, 0.5) is 0 Å². The molecular formula is C15H17N7OS. The van der Waals surface area contributed by atoms with Crippen LogP contribution >= 0.6 is 11.3 Å². The second-order valence-electron chi connectivity index (χ2n) is 6.20. The van der Waals surface area contributed by atoms with E-state index in [4.69, 9.17) is 4.52 Å². The highest BCUT2D eigenvalue weighted by Gasteiger charge is 2.19. The second-order valence-corrected chi connectivity index (χ2v) is 7.16. The molecule has 0 fully saturated rings. The van der Waals surface area contributed by atoms with Gasteiger partial charge in [0.25, 0.3) is 0 Å². The zero-order valence-corrected chi connectivity index (χ0v) is 14.7. The molecule has 0 unspecified atom stereocenters. The molecule has 0 aliphatic heterocycles. The van der Waals surface area contributed by atoms with Gasteiger partial charge in [0.1, 0.15) is 5.69 Å². The van der Waals surface area contributed by atoms with Crippen LogP contribution in [0.15, 0.2) is 16.7 Å². The minimum Gasteiger partial charge on any atom is -0.353 e. The van der Waals surface area contributed by atoms with Crippen LogP contribution in [0, 0.1) is 12.8 Å². The molecule has 4 rings (SSSR count). The van der Waals surface area contributed by atoms with Crippen molar-refractivity contribution >= 4 is 16.3 Å². The van der Waals surface area contributed by atoms with Crippen LogP contribution in [0.2, 0.25) is 0 Å². The Hall–Kier alpha value is -2.55. The molecule has 0 atom stereocenters. The Kier molecular flexibility index (Phi) is 3.45. The third-order valence-electron chi connectivity index (χ3n) is 3.61. The topological polar surface area (TPSA) is 86.9 Å². The predicted molar refractivity (Wildman–Crippen MR) is 89.6 cm³/mol. The first-order valence-corrected chi connectivity index (χ1v) is 8.52. The Morgan fingerprint density at radius 1 is 1.21 bits per heavy atom. The van der Waals surface area contributed by atoms with Gasteiger partial charge in [-0.1, -0.05) is 30.3 Å².